The Balaban J connectivity index is 2.74. The lowest BCUT2D eigenvalue weighted by atomic mass is 10.2. The van der Waals surface area contributed by atoms with Crippen molar-refractivity contribution in [3.8, 4) is 0 Å². The van der Waals surface area contributed by atoms with Gasteiger partial charge in [-0.05, 0) is 19.4 Å². The molecule has 0 bridgehead atoms. The third-order valence-corrected chi connectivity index (χ3v) is 4.89. The molecule has 0 aliphatic heterocycles. The van der Waals surface area contributed by atoms with Crippen molar-refractivity contribution >= 4 is 33.8 Å². The Bertz CT molecular complexity index is 971. The molecule has 0 aromatic carbocycles. The van der Waals surface area contributed by atoms with E-state index >= 15 is 0 Å². The molecular formula is C15H15F3N2O5S. The third kappa shape index (κ3) is 3.87. The standard InChI is InChI=1S/C15H15F3N2O5S/c1-3-25-10(22)6-20-12(23)11-8(2)9(7-21)26-13(11)19(14(20)24)5-4-15(16,17)18/h7H,3-6H2,1-2H3. The van der Waals surface area contributed by atoms with Crippen LogP contribution in [0.3, 0.4) is 0 Å². The van der Waals surface area contributed by atoms with Gasteiger partial charge in [0.25, 0.3) is 5.56 Å². The van der Waals surface area contributed by atoms with E-state index in [0.717, 1.165) is 15.9 Å². The number of rotatable bonds is 6. The van der Waals surface area contributed by atoms with Crippen LogP contribution in [0.4, 0.5) is 13.2 Å². The molecule has 0 radical (unpaired) electrons. The molecule has 0 saturated carbocycles. The number of halogens is 3. The Hall–Kier alpha value is -2.43. The van der Waals surface area contributed by atoms with E-state index in [9.17, 15) is 32.3 Å². The van der Waals surface area contributed by atoms with Crippen LogP contribution in [0, 0.1) is 6.92 Å². The van der Waals surface area contributed by atoms with E-state index in [1.54, 1.807) is 0 Å². The second-order valence-corrected chi connectivity index (χ2v) is 6.42. The summed E-state index contributed by atoms with van der Waals surface area (Å²) in [5.74, 6) is -0.864. The van der Waals surface area contributed by atoms with Gasteiger partial charge in [0.05, 0.1) is 23.3 Å². The Kier molecular flexibility index (Phi) is 5.69. The zero-order valence-corrected chi connectivity index (χ0v) is 14.7. The summed E-state index contributed by atoms with van der Waals surface area (Å²) >= 11 is 0.765. The van der Waals surface area contributed by atoms with Crippen molar-refractivity contribution in [1.29, 1.82) is 0 Å². The SMILES string of the molecule is CCOC(=O)Cn1c(=O)c2c(C)c(C=O)sc2n(CCC(F)(F)F)c1=O. The van der Waals surface area contributed by atoms with Gasteiger partial charge >= 0.3 is 17.8 Å². The number of carbonyl (C=O) groups excluding carboxylic acids is 2. The lowest BCUT2D eigenvalue weighted by Crippen LogP contribution is -2.42. The largest absolute Gasteiger partial charge is 0.465 e. The molecule has 0 N–H and O–H groups in total. The number of ether oxygens (including phenoxy) is 1. The first-order valence-electron chi connectivity index (χ1n) is 7.55. The van der Waals surface area contributed by atoms with Crippen molar-refractivity contribution in [2.45, 2.75) is 39.5 Å². The number of fused-ring (bicyclic) bond motifs is 1. The van der Waals surface area contributed by atoms with Gasteiger partial charge < -0.3 is 4.74 Å². The lowest BCUT2D eigenvalue weighted by molar-refractivity contribution is -0.144. The van der Waals surface area contributed by atoms with Crippen LogP contribution in [-0.4, -0.2) is 34.2 Å². The molecule has 7 nitrogen and oxygen atoms in total. The average molecular weight is 392 g/mol. The van der Waals surface area contributed by atoms with Crippen LogP contribution in [0.2, 0.25) is 0 Å². The second kappa shape index (κ2) is 7.44. The van der Waals surface area contributed by atoms with E-state index in [1.807, 2.05) is 0 Å². The summed E-state index contributed by atoms with van der Waals surface area (Å²) in [6.45, 7) is 1.55. The minimum Gasteiger partial charge on any atom is -0.465 e. The van der Waals surface area contributed by atoms with Crippen LogP contribution < -0.4 is 11.2 Å². The molecule has 0 aliphatic rings. The smallest absolute Gasteiger partial charge is 0.390 e. The number of hydrogen-bond donors (Lipinski definition) is 0. The Morgan fingerprint density at radius 1 is 1.27 bits per heavy atom. The zero-order chi connectivity index (χ0) is 19.6. The number of alkyl halides is 3. The van der Waals surface area contributed by atoms with Crippen LogP contribution in [0.1, 0.15) is 28.6 Å². The maximum absolute atomic E-state index is 12.6. The Labute approximate surface area is 148 Å². The molecule has 2 aromatic heterocycles. The van der Waals surface area contributed by atoms with Crippen LogP contribution in [0.25, 0.3) is 10.2 Å². The summed E-state index contributed by atoms with van der Waals surface area (Å²) in [7, 11) is 0. The summed E-state index contributed by atoms with van der Waals surface area (Å²) in [4.78, 5) is 48.0. The number of thiophene rings is 1. The van der Waals surface area contributed by atoms with Crippen molar-refractivity contribution in [2.24, 2.45) is 0 Å². The molecule has 0 spiro atoms. The van der Waals surface area contributed by atoms with E-state index in [0.29, 0.717) is 10.9 Å². The van der Waals surface area contributed by atoms with Crippen LogP contribution in [0.15, 0.2) is 9.59 Å². The highest BCUT2D eigenvalue weighted by molar-refractivity contribution is 7.20. The summed E-state index contributed by atoms with van der Waals surface area (Å²) in [5, 5.41) is -0.0526. The van der Waals surface area contributed by atoms with Crippen molar-refractivity contribution in [1.82, 2.24) is 9.13 Å². The molecule has 0 atom stereocenters. The normalized spacial score (nSPS) is 11.7. The number of aryl methyl sites for hydroxylation is 2. The molecule has 11 heteroatoms. The van der Waals surface area contributed by atoms with E-state index in [4.69, 9.17) is 4.74 Å². The molecule has 0 unspecified atom stereocenters. The van der Waals surface area contributed by atoms with Gasteiger partial charge in [-0.3, -0.25) is 19.0 Å². The van der Waals surface area contributed by atoms with E-state index in [-0.39, 0.29) is 27.3 Å². The minimum atomic E-state index is -4.52. The van der Waals surface area contributed by atoms with Gasteiger partial charge in [-0.15, -0.1) is 11.3 Å². The fourth-order valence-corrected chi connectivity index (χ4v) is 3.57. The number of aldehydes is 1. The molecule has 0 fully saturated rings. The van der Waals surface area contributed by atoms with Crippen molar-refractivity contribution in [3.63, 3.8) is 0 Å². The minimum absolute atomic E-state index is 0.0187. The van der Waals surface area contributed by atoms with Gasteiger partial charge in [0, 0.05) is 6.54 Å². The fraction of sp³-hybridized carbons (Fsp3) is 0.467. The predicted octanol–water partition coefficient (Wildman–Crippen LogP) is 1.86. The number of nitrogens with zero attached hydrogens (tertiary/aromatic N) is 2. The first-order valence-corrected chi connectivity index (χ1v) is 8.36. The maximum atomic E-state index is 12.6. The van der Waals surface area contributed by atoms with E-state index in [1.165, 1.54) is 13.8 Å². The number of aromatic nitrogens is 2. The Morgan fingerprint density at radius 2 is 1.92 bits per heavy atom. The highest BCUT2D eigenvalue weighted by atomic mass is 32.1. The quantitative estimate of drug-likeness (QED) is 0.553. The molecule has 0 aliphatic carbocycles. The summed E-state index contributed by atoms with van der Waals surface area (Å²) in [6, 6.07) is 0. The summed E-state index contributed by atoms with van der Waals surface area (Å²) in [5.41, 5.74) is -1.65. The molecule has 0 amide bonds. The topological polar surface area (TPSA) is 87.4 Å². The van der Waals surface area contributed by atoms with Crippen LogP contribution in [-0.2, 0) is 22.6 Å². The van der Waals surface area contributed by atoms with E-state index < -0.39 is 42.9 Å². The second-order valence-electron chi connectivity index (χ2n) is 5.39. The molecule has 2 heterocycles. The van der Waals surface area contributed by atoms with Crippen molar-refractivity contribution in [3.05, 3.63) is 31.3 Å². The first kappa shape index (κ1) is 19.9. The van der Waals surface area contributed by atoms with E-state index in [2.05, 4.69) is 0 Å². The van der Waals surface area contributed by atoms with Gasteiger partial charge in [-0.25, -0.2) is 9.36 Å². The molecule has 26 heavy (non-hydrogen) atoms. The van der Waals surface area contributed by atoms with Crippen LogP contribution >= 0.6 is 11.3 Å². The predicted molar refractivity (Wildman–Crippen MR) is 87.8 cm³/mol. The fourth-order valence-electron chi connectivity index (χ4n) is 2.44. The third-order valence-electron chi connectivity index (χ3n) is 3.65. The van der Waals surface area contributed by atoms with Gasteiger partial charge in [-0.1, -0.05) is 0 Å². The molecular weight excluding hydrogens is 377 g/mol. The van der Waals surface area contributed by atoms with Gasteiger partial charge in [-0.2, -0.15) is 13.2 Å². The van der Waals surface area contributed by atoms with Crippen molar-refractivity contribution in [2.75, 3.05) is 6.61 Å². The molecule has 2 rings (SSSR count). The van der Waals surface area contributed by atoms with Gasteiger partial charge in [0.15, 0.2) is 6.29 Å². The van der Waals surface area contributed by atoms with Gasteiger partial charge in [0.1, 0.15) is 11.4 Å². The summed E-state index contributed by atoms with van der Waals surface area (Å²) in [6.07, 6.45) is -5.35. The zero-order valence-electron chi connectivity index (χ0n) is 13.9. The highest BCUT2D eigenvalue weighted by Crippen LogP contribution is 2.27. The van der Waals surface area contributed by atoms with Crippen molar-refractivity contribution < 1.29 is 27.5 Å². The van der Waals surface area contributed by atoms with Crippen LogP contribution in [0.5, 0.6) is 0 Å². The lowest BCUT2D eigenvalue weighted by Gasteiger charge is -2.13. The Morgan fingerprint density at radius 3 is 2.46 bits per heavy atom. The summed E-state index contributed by atoms with van der Waals surface area (Å²) < 4.78 is 43.8. The average Bonchev–Trinajstić information content (AvgIpc) is 2.87. The molecule has 2 aromatic rings. The number of esters is 1. The number of hydrogen-bond acceptors (Lipinski definition) is 6. The molecule has 142 valence electrons. The van der Waals surface area contributed by atoms with Gasteiger partial charge in [0.2, 0.25) is 0 Å². The highest BCUT2D eigenvalue weighted by Gasteiger charge is 2.29. The molecule has 0 saturated heterocycles. The monoisotopic (exact) mass is 392 g/mol. The maximum Gasteiger partial charge on any atom is 0.390 e. The number of carbonyl (C=O) groups is 2. The first-order chi connectivity index (χ1) is 12.1.